The fourth-order valence-corrected chi connectivity index (χ4v) is 3.88. The molecule has 0 saturated heterocycles. The van der Waals surface area contributed by atoms with E-state index < -0.39 is 41.3 Å². The number of fused-ring (bicyclic) bond motifs is 1. The van der Waals surface area contributed by atoms with E-state index in [0.717, 1.165) is 15.9 Å². The van der Waals surface area contributed by atoms with Crippen LogP contribution in [0.2, 0.25) is 0 Å². The zero-order chi connectivity index (χ0) is 25.6. The van der Waals surface area contributed by atoms with Crippen LogP contribution in [0.5, 0.6) is 0 Å². The Morgan fingerprint density at radius 2 is 1.78 bits per heavy atom. The maximum Gasteiger partial charge on any atom is 0.256 e. The molecule has 182 valence electrons. The number of pyridine rings is 1. The summed E-state index contributed by atoms with van der Waals surface area (Å²) in [5, 5.41) is 11.5. The Hall–Kier alpha value is -4.54. The molecule has 0 saturated carbocycles. The number of nitrogens with zero attached hydrogens (tertiary/aromatic N) is 5. The van der Waals surface area contributed by atoms with Gasteiger partial charge in [-0.05, 0) is 19.1 Å². The van der Waals surface area contributed by atoms with Gasteiger partial charge in [0.2, 0.25) is 0 Å². The lowest BCUT2D eigenvalue weighted by Gasteiger charge is -2.10. The first kappa shape index (κ1) is 23.2. The quantitative estimate of drug-likeness (QED) is 0.212. The highest BCUT2D eigenvalue weighted by molar-refractivity contribution is 6.13. The number of hydrogen-bond donors (Lipinski definition) is 1. The Labute approximate surface area is 202 Å². The molecular weight excluding hydrogens is 476 g/mol. The summed E-state index contributed by atoms with van der Waals surface area (Å²) in [6, 6.07) is 9.11. The first-order valence-corrected chi connectivity index (χ1v) is 10.8. The maximum absolute atomic E-state index is 14.0. The molecule has 0 bridgehead atoms. The number of amides is 1. The van der Waals surface area contributed by atoms with Gasteiger partial charge in [0.1, 0.15) is 5.82 Å². The van der Waals surface area contributed by atoms with Gasteiger partial charge in [-0.1, -0.05) is 18.2 Å². The molecule has 0 radical (unpaired) electrons. The van der Waals surface area contributed by atoms with Crippen molar-refractivity contribution < 1.29 is 22.4 Å². The summed E-state index contributed by atoms with van der Waals surface area (Å²) in [6.07, 6.45) is 4.28. The number of halogens is 4. The van der Waals surface area contributed by atoms with Crippen molar-refractivity contribution in [1.29, 1.82) is 0 Å². The van der Waals surface area contributed by atoms with Crippen LogP contribution < -0.4 is 5.32 Å². The number of carbonyl (C=O) groups is 1. The van der Waals surface area contributed by atoms with Crippen molar-refractivity contribution in [2.75, 3.05) is 5.32 Å². The van der Waals surface area contributed by atoms with Crippen LogP contribution in [0.1, 0.15) is 21.6 Å². The average molecular weight is 494 g/mol. The van der Waals surface area contributed by atoms with Crippen molar-refractivity contribution in [3.8, 4) is 11.3 Å². The maximum atomic E-state index is 14.0. The lowest BCUT2D eigenvalue weighted by Crippen LogP contribution is -2.13. The van der Waals surface area contributed by atoms with Crippen LogP contribution in [0.3, 0.4) is 0 Å². The Kier molecular flexibility index (Phi) is 5.75. The topological polar surface area (TPSA) is 77.6 Å². The molecular formula is C25H18F4N6O. The van der Waals surface area contributed by atoms with Crippen molar-refractivity contribution in [2.24, 2.45) is 7.05 Å². The Morgan fingerprint density at radius 1 is 1.00 bits per heavy atom. The second-order valence-corrected chi connectivity index (χ2v) is 8.17. The molecule has 1 N–H and O–H groups in total. The molecule has 0 spiro atoms. The van der Waals surface area contributed by atoms with E-state index in [1.165, 1.54) is 12.4 Å². The van der Waals surface area contributed by atoms with Gasteiger partial charge < -0.3 is 5.32 Å². The van der Waals surface area contributed by atoms with Crippen LogP contribution >= 0.6 is 0 Å². The van der Waals surface area contributed by atoms with Crippen LogP contribution in [-0.2, 0) is 13.6 Å². The average Bonchev–Trinajstić information content (AvgIpc) is 3.45. The van der Waals surface area contributed by atoms with Gasteiger partial charge in [0.25, 0.3) is 5.91 Å². The van der Waals surface area contributed by atoms with Crippen molar-refractivity contribution in [2.45, 2.75) is 13.5 Å². The predicted molar refractivity (Wildman–Crippen MR) is 124 cm³/mol. The van der Waals surface area contributed by atoms with Gasteiger partial charge >= 0.3 is 0 Å². The minimum atomic E-state index is -1.77. The lowest BCUT2D eigenvalue weighted by atomic mass is 10.0. The number of anilines is 1. The Bertz CT molecular complexity index is 1640. The second kappa shape index (κ2) is 8.91. The molecule has 0 aliphatic heterocycles. The summed E-state index contributed by atoms with van der Waals surface area (Å²) in [6.45, 7) is 1.39. The first-order chi connectivity index (χ1) is 17.2. The summed E-state index contributed by atoms with van der Waals surface area (Å²) < 4.78 is 57.6. The molecule has 36 heavy (non-hydrogen) atoms. The molecule has 5 rings (SSSR count). The highest BCUT2D eigenvalue weighted by atomic mass is 19.2. The van der Waals surface area contributed by atoms with Crippen molar-refractivity contribution in [3.05, 3.63) is 95.1 Å². The molecule has 1 amide bonds. The molecule has 5 aromatic rings. The zero-order valence-corrected chi connectivity index (χ0v) is 19.1. The monoisotopic (exact) mass is 494 g/mol. The fourth-order valence-electron chi connectivity index (χ4n) is 3.88. The van der Waals surface area contributed by atoms with E-state index >= 15 is 0 Å². The number of nitrogens with one attached hydrogen (secondary N) is 1. The molecule has 11 heteroatoms. The minimum absolute atomic E-state index is 0.239. The van der Waals surface area contributed by atoms with Crippen LogP contribution in [-0.4, -0.2) is 30.5 Å². The van der Waals surface area contributed by atoms with E-state index in [1.807, 2.05) is 20.0 Å². The molecule has 3 aromatic heterocycles. The summed E-state index contributed by atoms with van der Waals surface area (Å²) in [7, 11) is 1.81. The SMILES string of the molecule is Cc1c(-c2cc(C(=O)Nc3cnn(Cc4c(F)cc(F)c(F)c4F)c3)c3ccccc3n2)cnn1C. The number of rotatable bonds is 5. The van der Waals surface area contributed by atoms with Crippen molar-refractivity contribution in [3.63, 3.8) is 0 Å². The molecule has 0 aliphatic carbocycles. The molecule has 3 heterocycles. The van der Waals surface area contributed by atoms with E-state index in [0.29, 0.717) is 22.2 Å². The van der Waals surface area contributed by atoms with Crippen LogP contribution in [0.4, 0.5) is 23.2 Å². The van der Waals surface area contributed by atoms with Crippen LogP contribution in [0.15, 0.2) is 55.0 Å². The number of hydrogen-bond acceptors (Lipinski definition) is 4. The molecule has 0 unspecified atom stereocenters. The fraction of sp³-hybridized carbons (Fsp3) is 0.120. The number of carbonyl (C=O) groups excluding carboxylic acids is 1. The van der Waals surface area contributed by atoms with Gasteiger partial charge in [0.05, 0.1) is 41.4 Å². The van der Waals surface area contributed by atoms with Crippen LogP contribution in [0, 0.1) is 30.2 Å². The molecule has 0 atom stereocenters. The summed E-state index contributed by atoms with van der Waals surface area (Å²) >= 11 is 0. The number of aryl methyl sites for hydroxylation is 1. The van der Waals surface area contributed by atoms with E-state index in [9.17, 15) is 22.4 Å². The smallest absolute Gasteiger partial charge is 0.256 e. The largest absolute Gasteiger partial charge is 0.319 e. The van der Waals surface area contributed by atoms with Crippen molar-refractivity contribution in [1.82, 2.24) is 24.5 Å². The summed E-state index contributed by atoms with van der Waals surface area (Å²) in [5.74, 6) is -6.71. The lowest BCUT2D eigenvalue weighted by molar-refractivity contribution is 0.102. The summed E-state index contributed by atoms with van der Waals surface area (Å²) in [5.41, 5.74) is 2.75. The predicted octanol–water partition coefficient (Wildman–Crippen LogP) is 5.00. The molecule has 0 aliphatic rings. The van der Waals surface area contributed by atoms with Crippen molar-refractivity contribution >= 4 is 22.5 Å². The van der Waals surface area contributed by atoms with E-state index in [1.54, 1.807) is 35.1 Å². The Morgan fingerprint density at radius 3 is 2.53 bits per heavy atom. The third-order valence-corrected chi connectivity index (χ3v) is 5.89. The molecule has 7 nitrogen and oxygen atoms in total. The van der Waals surface area contributed by atoms with Gasteiger partial charge in [-0.2, -0.15) is 10.2 Å². The third-order valence-electron chi connectivity index (χ3n) is 5.89. The van der Waals surface area contributed by atoms with Gasteiger partial charge in [-0.3, -0.25) is 14.2 Å². The number of para-hydroxylation sites is 1. The van der Waals surface area contributed by atoms with E-state index in [-0.39, 0.29) is 11.8 Å². The van der Waals surface area contributed by atoms with Crippen LogP contribution in [0.25, 0.3) is 22.2 Å². The highest BCUT2D eigenvalue weighted by Crippen LogP contribution is 2.27. The van der Waals surface area contributed by atoms with Gasteiger partial charge in [-0.25, -0.2) is 22.5 Å². The summed E-state index contributed by atoms with van der Waals surface area (Å²) in [4.78, 5) is 17.9. The Balaban J connectivity index is 1.45. The van der Waals surface area contributed by atoms with E-state index in [4.69, 9.17) is 0 Å². The zero-order valence-electron chi connectivity index (χ0n) is 19.1. The van der Waals surface area contributed by atoms with Gasteiger partial charge in [-0.15, -0.1) is 0 Å². The number of benzene rings is 2. The normalized spacial score (nSPS) is 11.3. The van der Waals surface area contributed by atoms with Gasteiger partial charge in [0.15, 0.2) is 17.5 Å². The highest BCUT2D eigenvalue weighted by Gasteiger charge is 2.20. The first-order valence-electron chi connectivity index (χ1n) is 10.8. The number of aromatic nitrogens is 5. The molecule has 2 aromatic carbocycles. The standard InChI is InChI=1S/C25H18F4N6O/c1-13-17(10-30-34(13)2)22-7-16(15-5-3-4-6-21(15)33-22)25(36)32-14-9-31-35(11-14)12-18-19(26)8-20(27)24(29)23(18)28/h3-11H,12H2,1-2H3,(H,32,36). The second-order valence-electron chi connectivity index (χ2n) is 8.17. The third kappa shape index (κ3) is 4.08. The van der Waals surface area contributed by atoms with Gasteiger partial charge in [0, 0.05) is 41.5 Å². The minimum Gasteiger partial charge on any atom is -0.319 e. The molecule has 0 fully saturated rings. The van der Waals surface area contributed by atoms with E-state index in [2.05, 4.69) is 20.5 Å².